The van der Waals surface area contributed by atoms with Gasteiger partial charge in [-0.3, -0.25) is 9.48 Å². The van der Waals surface area contributed by atoms with E-state index in [1.807, 2.05) is 13.0 Å². The molecule has 1 atom stereocenters. The number of nitrogens with zero attached hydrogens (tertiary/aromatic N) is 2. The average Bonchev–Trinajstić information content (AvgIpc) is 2.40. The molecule has 18 heavy (non-hydrogen) atoms. The predicted octanol–water partition coefficient (Wildman–Crippen LogP) is 1.82. The van der Waals surface area contributed by atoms with Gasteiger partial charge in [0.25, 0.3) is 0 Å². The number of anilines is 1. The molecule has 0 saturated heterocycles. The molecule has 3 N–H and O–H groups in total. The highest BCUT2D eigenvalue weighted by Gasteiger charge is 2.18. The van der Waals surface area contributed by atoms with Crippen molar-refractivity contribution in [2.75, 3.05) is 5.32 Å². The number of nitrogens with two attached hydrogens (primary N) is 1. The highest BCUT2D eigenvalue weighted by atomic mass is 16.1. The zero-order chi connectivity index (χ0) is 13.9. The highest BCUT2D eigenvalue weighted by Crippen LogP contribution is 2.21. The number of aryl methyl sites for hydroxylation is 2. The van der Waals surface area contributed by atoms with Gasteiger partial charge in [-0.15, -0.1) is 0 Å². The van der Waals surface area contributed by atoms with E-state index < -0.39 is 0 Å². The molecular formula is C13H24N4O. The summed E-state index contributed by atoms with van der Waals surface area (Å²) < 4.78 is 1.66. The molecule has 0 bridgehead atoms. The van der Waals surface area contributed by atoms with Crippen molar-refractivity contribution in [3.63, 3.8) is 0 Å². The van der Waals surface area contributed by atoms with Gasteiger partial charge in [0.1, 0.15) is 5.82 Å². The van der Waals surface area contributed by atoms with Crippen molar-refractivity contribution in [3.05, 3.63) is 11.8 Å². The molecule has 0 aromatic carbocycles. The van der Waals surface area contributed by atoms with Crippen LogP contribution in [-0.2, 0) is 11.8 Å². The summed E-state index contributed by atoms with van der Waals surface area (Å²) in [5.74, 6) is 0.648. The molecule has 1 heterocycles. The first kappa shape index (κ1) is 14.7. The standard InChI is InChI=1S/C13H24N4O/c1-9-6-11(17(5)16-9)15-12(18)7-10(14)8-13(2,3)4/h6,10H,7-8,14H2,1-5H3,(H,15,18). The van der Waals surface area contributed by atoms with Gasteiger partial charge >= 0.3 is 0 Å². The van der Waals surface area contributed by atoms with Gasteiger partial charge in [0.05, 0.1) is 5.69 Å². The average molecular weight is 252 g/mol. The Kier molecular flexibility index (Phi) is 4.51. The van der Waals surface area contributed by atoms with E-state index in [-0.39, 0.29) is 17.4 Å². The fourth-order valence-electron chi connectivity index (χ4n) is 2.02. The first-order chi connectivity index (χ1) is 8.17. The Labute approximate surface area is 109 Å². The highest BCUT2D eigenvalue weighted by molar-refractivity contribution is 5.90. The number of carbonyl (C=O) groups is 1. The first-order valence-corrected chi connectivity index (χ1v) is 6.23. The van der Waals surface area contributed by atoms with E-state index in [9.17, 15) is 4.79 Å². The van der Waals surface area contributed by atoms with E-state index in [0.29, 0.717) is 12.2 Å². The maximum absolute atomic E-state index is 11.8. The summed E-state index contributed by atoms with van der Waals surface area (Å²) in [6.45, 7) is 8.25. The van der Waals surface area contributed by atoms with Gasteiger partial charge in [0.2, 0.25) is 5.91 Å². The molecule has 102 valence electrons. The van der Waals surface area contributed by atoms with Crippen molar-refractivity contribution >= 4 is 11.7 Å². The van der Waals surface area contributed by atoms with Crippen LogP contribution in [-0.4, -0.2) is 21.7 Å². The Bertz CT molecular complexity index is 417. The molecule has 1 amide bonds. The van der Waals surface area contributed by atoms with Crippen LogP contribution in [0.3, 0.4) is 0 Å². The lowest BCUT2D eigenvalue weighted by Crippen LogP contribution is -2.31. The lowest BCUT2D eigenvalue weighted by Gasteiger charge is -2.22. The van der Waals surface area contributed by atoms with E-state index in [2.05, 4.69) is 31.2 Å². The van der Waals surface area contributed by atoms with Crippen LogP contribution >= 0.6 is 0 Å². The number of aromatic nitrogens is 2. The van der Waals surface area contributed by atoms with Crippen LogP contribution in [0.4, 0.5) is 5.82 Å². The smallest absolute Gasteiger partial charge is 0.227 e. The minimum Gasteiger partial charge on any atom is -0.327 e. The molecule has 0 fully saturated rings. The van der Waals surface area contributed by atoms with Crippen LogP contribution in [0.1, 0.15) is 39.3 Å². The van der Waals surface area contributed by atoms with Crippen molar-refractivity contribution in [1.82, 2.24) is 9.78 Å². The van der Waals surface area contributed by atoms with Crippen molar-refractivity contribution in [2.24, 2.45) is 18.2 Å². The quantitative estimate of drug-likeness (QED) is 0.858. The van der Waals surface area contributed by atoms with E-state index in [4.69, 9.17) is 5.73 Å². The van der Waals surface area contributed by atoms with Crippen LogP contribution in [0.5, 0.6) is 0 Å². The number of rotatable bonds is 4. The molecule has 0 aliphatic carbocycles. The van der Waals surface area contributed by atoms with Crippen molar-refractivity contribution in [3.8, 4) is 0 Å². The summed E-state index contributed by atoms with van der Waals surface area (Å²) in [6.07, 6.45) is 1.16. The molecule has 1 rings (SSSR count). The molecule has 1 aromatic rings. The van der Waals surface area contributed by atoms with Gasteiger partial charge in [0, 0.05) is 25.6 Å². The molecule has 5 nitrogen and oxygen atoms in total. The molecule has 0 radical (unpaired) electrons. The molecule has 5 heteroatoms. The Morgan fingerprint density at radius 2 is 2.17 bits per heavy atom. The number of nitrogens with one attached hydrogen (secondary N) is 1. The maximum Gasteiger partial charge on any atom is 0.227 e. The largest absolute Gasteiger partial charge is 0.327 e. The van der Waals surface area contributed by atoms with Crippen LogP contribution in [0, 0.1) is 12.3 Å². The molecular weight excluding hydrogens is 228 g/mol. The summed E-state index contributed by atoms with van der Waals surface area (Å²) in [7, 11) is 1.80. The summed E-state index contributed by atoms with van der Waals surface area (Å²) in [6, 6.07) is 1.73. The summed E-state index contributed by atoms with van der Waals surface area (Å²) in [5.41, 5.74) is 7.00. The second kappa shape index (κ2) is 5.52. The summed E-state index contributed by atoms with van der Waals surface area (Å²) >= 11 is 0. The second-order valence-electron chi connectivity index (χ2n) is 6.07. The zero-order valence-corrected chi connectivity index (χ0v) is 11.9. The maximum atomic E-state index is 11.8. The van der Waals surface area contributed by atoms with Crippen LogP contribution < -0.4 is 11.1 Å². The van der Waals surface area contributed by atoms with Gasteiger partial charge in [-0.05, 0) is 18.8 Å². The fourth-order valence-corrected chi connectivity index (χ4v) is 2.02. The van der Waals surface area contributed by atoms with Gasteiger partial charge < -0.3 is 11.1 Å². The lowest BCUT2D eigenvalue weighted by atomic mass is 9.87. The Balaban J connectivity index is 2.49. The number of amides is 1. The Morgan fingerprint density at radius 1 is 1.56 bits per heavy atom. The molecule has 0 saturated carbocycles. The van der Waals surface area contributed by atoms with Crippen LogP contribution in [0.2, 0.25) is 0 Å². The minimum absolute atomic E-state index is 0.0604. The molecule has 1 aromatic heterocycles. The SMILES string of the molecule is Cc1cc(NC(=O)CC(N)CC(C)(C)C)n(C)n1. The van der Waals surface area contributed by atoms with Crippen LogP contribution in [0.25, 0.3) is 0 Å². The van der Waals surface area contributed by atoms with Gasteiger partial charge in [0.15, 0.2) is 0 Å². The lowest BCUT2D eigenvalue weighted by molar-refractivity contribution is -0.116. The number of carbonyl (C=O) groups excluding carboxylic acids is 1. The third kappa shape index (κ3) is 4.87. The normalized spacial score (nSPS) is 13.4. The zero-order valence-electron chi connectivity index (χ0n) is 11.9. The predicted molar refractivity (Wildman–Crippen MR) is 73.2 cm³/mol. The molecule has 1 unspecified atom stereocenters. The molecule has 0 aliphatic rings. The van der Waals surface area contributed by atoms with E-state index >= 15 is 0 Å². The summed E-state index contributed by atoms with van der Waals surface area (Å²) in [4.78, 5) is 11.8. The fraction of sp³-hybridized carbons (Fsp3) is 0.692. The van der Waals surface area contributed by atoms with E-state index in [0.717, 1.165) is 12.1 Å². The summed E-state index contributed by atoms with van der Waals surface area (Å²) in [5, 5.41) is 7.00. The van der Waals surface area contributed by atoms with Crippen molar-refractivity contribution in [1.29, 1.82) is 0 Å². The van der Waals surface area contributed by atoms with Crippen LogP contribution in [0.15, 0.2) is 6.07 Å². The Hall–Kier alpha value is -1.36. The monoisotopic (exact) mass is 252 g/mol. The first-order valence-electron chi connectivity index (χ1n) is 6.23. The van der Waals surface area contributed by atoms with Gasteiger partial charge in [-0.1, -0.05) is 20.8 Å². The topological polar surface area (TPSA) is 72.9 Å². The van der Waals surface area contributed by atoms with Gasteiger partial charge in [-0.2, -0.15) is 5.10 Å². The molecule has 0 spiro atoms. The van der Waals surface area contributed by atoms with E-state index in [1.165, 1.54) is 0 Å². The van der Waals surface area contributed by atoms with Crippen molar-refractivity contribution in [2.45, 2.75) is 46.6 Å². The number of hydrogen-bond donors (Lipinski definition) is 2. The second-order valence-corrected chi connectivity index (χ2v) is 6.07. The van der Waals surface area contributed by atoms with E-state index in [1.54, 1.807) is 11.7 Å². The third-order valence-electron chi connectivity index (χ3n) is 2.59. The van der Waals surface area contributed by atoms with Gasteiger partial charge in [-0.25, -0.2) is 0 Å². The third-order valence-corrected chi connectivity index (χ3v) is 2.59. The minimum atomic E-state index is -0.112. The number of hydrogen-bond acceptors (Lipinski definition) is 3. The van der Waals surface area contributed by atoms with Crippen molar-refractivity contribution < 1.29 is 4.79 Å². The molecule has 0 aliphatic heterocycles. The Morgan fingerprint density at radius 3 is 2.61 bits per heavy atom.